The largest absolute Gasteiger partial charge is 0.497 e. The Morgan fingerprint density at radius 2 is 1.97 bits per heavy atom. The van der Waals surface area contributed by atoms with Gasteiger partial charge in [-0.2, -0.15) is 0 Å². The zero-order valence-electron chi connectivity index (χ0n) is 21.1. The first-order valence-corrected chi connectivity index (χ1v) is 13.8. The first kappa shape index (κ1) is 25.6. The van der Waals surface area contributed by atoms with Gasteiger partial charge < -0.3 is 20.1 Å². The number of benzene rings is 2. The number of piperidine rings is 1. The molecule has 2 saturated heterocycles. The van der Waals surface area contributed by atoms with E-state index in [2.05, 4.69) is 21.3 Å². The second kappa shape index (κ2) is 11.6. The van der Waals surface area contributed by atoms with Gasteiger partial charge in [-0.3, -0.25) is 14.5 Å². The summed E-state index contributed by atoms with van der Waals surface area (Å²) in [4.78, 5) is 34.7. The summed E-state index contributed by atoms with van der Waals surface area (Å²) >= 11 is 1.65. The number of fused-ring (bicyclic) bond motifs is 1. The van der Waals surface area contributed by atoms with Crippen LogP contribution in [-0.4, -0.2) is 76.6 Å². The van der Waals surface area contributed by atoms with Crippen LogP contribution in [0.5, 0.6) is 5.75 Å². The van der Waals surface area contributed by atoms with Gasteiger partial charge in [-0.15, -0.1) is 11.3 Å². The number of aryl methyl sites for hydroxylation is 1. The quantitative estimate of drug-likeness (QED) is 0.472. The maximum atomic E-state index is 13.1. The monoisotopic (exact) mass is 522 g/mol. The number of aliphatic hydroxyl groups excluding tert-OH is 1. The van der Waals surface area contributed by atoms with E-state index in [0.29, 0.717) is 45.4 Å². The highest BCUT2D eigenvalue weighted by atomic mass is 32.1. The number of methoxy groups -OCH3 is 1. The van der Waals surface area contributed by atoms with E-state index in [0.717, 1.165) is 39.4 Å². The number of amides is 2. The molecule has 3 heterocycles. The summed E-state index contributed by atoms with van der Waals surface area (Å²) in [5.74, 6) is 0.853. The highest BCUT2D eigenvalue weighted by Crippen LogP contribution is 2.28. The van der Waals surface area contributed by atoms with Crippen molar-refractivity contribution in [2.75, 3.05) is 26.7 Å². The topological polar surface area (TPSA) is 95.0 Å². The lowest BCUT2D eigenvalue weighted by molar-refractivity contribution is -0.134. The van der Waals surface area contributed by atoms with Crippen molar-refractivity contribution in [2.45, 2.75) is 56.8 Å². The second-order valence-electron chi connectivity index (χ2n) is 9.86. The van der Waals surface area contributed by atoms with Crippen LogP contribution in [0.4, 0.5) is 0 Å². The summed E-state index contributed by atoms with van der Waals surface area (Å²) in [7, 11) is 1.62. The van der Waals surface area contributed by atoms with E-state index in [-0.39, 0.29) is 23.9 Å². The molecule has 37 heavy (non-hydrogen) atoms. The maximum Gasteiger partial charge on any atom is 0.237 e. The average Bonchev–Trinajstić information content (AvgIpc) is 3.53. The molecular formula is C28H34N4O4S. The highest BCUT2D eigenvalue weighted by Gasteiger charge is 2.40. The van der Waals surface area contributed by atoms with Crippen LogP contribution in [0, 0.1) is 0 Å². The molecule has 2 aliphatic heterocycles. The molecule has 0 aliphatic carbocycles. The zero-order chi connectivity index (χ0) is 25.8. The number of hydrogen-bond donors (Lipinski definition) is 2. The van der Waals surface area contributed by atoms with Crippen molar-refractivity contribution in [3.8, 4) is 5.75 Å². The van der Waals surface area contributed by atoms with Crippen molar-refractivity contribution in [3.63, 3.8) is 0 Å². The molecule has 2 atom stereocenters. The van der Waals surface area contributed by atoms with Gasteiger partial charge in [0.25, 0.3) is 0 Å². The second-order valence-corrected chi connectivity index (χ2v) is 11.0. The molecule has 0 bridgehead atoms. The molecule has 2 aromatic carbocycles. The van der Waals surface area contributed by atoms with Gasteiger partial charge >= 0.3 is 0 Å². The Morgan fingerprint density at radius 1 is 1.16 bits per heavy atom. The van der Waals surface area contributed by atoms with E-state index >= 15 is 0 Å². The van der Waals surface area contributed by atoms with Gasteiger partial charge in [0.15, 0.2) is 0 Å². The lowest BCUT2D eigenvalue weighted by Gasteiger charge is -2.39. The molecule has 0 radical (unpaired) electrons. The normalized spacial score (nSPS) is 20.9. The summed E-state index contributed by atoms with van der Waals surface area (Å²) in [6.45, 7) is 2.26. The van der Waals surface area contributed by atoms with E-state index in [9.17, 15) is 14.7 Å². The summed E-state index contributed by atoms with van der Waals surface area (Å²) in [5, 5.41) is 14.4. The number of ether oxygens (including phenoxy) is 1. The third-order valence-electron chi connectivity index (χ3n) is 7.40. The fourth-order valence-electron chi connectivity index (χ4n) is 5.43. The zero-order valence-corrected chi connectivity index (χ0v) is 22.0. The minimum atomic E-state index is -0.513. The van der Waals surface area contributed by atoms with Crippen LogP contribution in [0.25, 0.3) is 10.2 Å². The van der Waals surface area contributed by atoms with Crippen LogP contribution in [0.15, 0.2) is 48.5 Å². The number of nitrogens with one attached hydrogen (secondary N) is 1. The Bertz CT molecular complexity index is 1210. The molecule has 0 unspecified atom stereocenters. The van der Waals surface area contributed by atoms with Crippen LogP contribution >= 0.6 is 11.3 Å². The molecule has 3 aromatic rings. The molecular weight excluding hydrogens is 488 g/mol. The lowest BCUT2D eigenvalue weighted by atomic mass is 10.0. The predicted molar refractivity (Wildman–Crippen MR) is 144 cm³/mol. The van der Waals surface area contributed by atoms with Crippen LogP contribution in [0.1, 0.15) is 36.3 Å². The number of aliphatic hydroxyl groups is 1. The fraction of sp³-hybridized carbons (Fsp3) is 0.464. The number of hydrogen-bond acceptors (Lipinski definition) is 7. The third kappa shape index (κ3) is 6.11. The number of aromatic nitrogens is 1. The van der Waals surface area contributed by atoms with Crippen molar-refractivity contribution in [1.82, 2.24) is 20.1 Å². The van der Waals surface area contributed by atoms with E-state index in [1.807, 2.05) is 47.4 Å². The van der Waals surface area contributed by atoms with E-state index in [1.165, 1.54) is 0 Å². The standard InChI is InChI=1S/C28H34N4O4S/c1-36-22-6-4-5-19(15-22)17-29-28(35)24-16-21(33)18-32(24)20-11-13-31(14-12-20)27(34)10-9-26-30-23-7-2-3-8-25(23)37-26/h2-8,15,20-21,24,33H,9-14,16-18H2,1H3,(H,29,35)/t21-,24+/m1/s1. The Hall–Kier alpha value is -3.01. The van der Waals surface area contributed by atoms with Crippen molar-refractivity contribution >= 4 is 33.4 Å². The van der Waals surface area contributed by atoms with E-state index in [1.54, 1.807) is 18.4 Å². The smallest absolute Gasteiger partial charge is 0.237 e. The van der Waals surface area contributed by atoms with Crippen LogP contribution < -0.4 is 10.1 Å². The summed E-state index contributed by atoms with van der Waals surface area (Å²) in [6.07, 6.45) is 2.65. The molecule has 9 heteroatoms. The Balaban J connectivity index is 1.11. The molecule has 2 amide bonds. The molecule has 8 nitrogen and oxygen atoms in total. The van der Waals surface area contributed by atoms with Gasteiger partial charge in [0.1, 0.15) is 5.75 Å². The Kier molecular flexibility index (Phi) is 8.02. The molecule has 2 N–H and O–H groups in total. The summed E-state index contributed by atoms with van der Waals surface area (Å²) in [5.41, 5.74) is 1.96. The Labute approximate surface area is 221 Å². The Morgan fingerprint density at radius 3 is 2.76 bits per heavy atom. The van der Waals surface area contributed by atoms with Crippen LogP contribution in [-0.2, 0) is 22.6 Å². The highest BCUT2D eigenvalue weighted by molar-refractivity contribution is 7.18. The van der Waals surface area contributed by atoms with Gasteiger partial charge in [0, 0.05) is 45.1 Å². The number of thiazole rings is 1. The van der Waals surface area contributed by atoms with Crippen LogP contribution in [0.3, 0.4) is 0 Å². The number of rotatable bonds is 8. The van der Waals surface area contributed by atoms with Crippen LogP contribution in [0.2, 0.25) is 0 Å². The van der Waals surface area contributed by atoms with Gasteiger partial charge in [0.05, 0.1) is 34.5 Å². The minimum Gasteiger partial charge on any atom is -0.497 e. The first-order valence-electron chi connectivity index (χ1n) is 13.0. The van der Waals surface area contributed by atoms with E-state index < -0.39 is 6.10 Å². The molecule has 0 spiro atoms. The van der Waals surface area contributed by atoms with Gasteiger partial charge in [-0.05, 0) is 49.1 Å². The summed E-state index contributed by atoms with van der Waals surface area (Å²) < 4.78 is 6.42. The maximum absolute atomic E-state index is 13.1. The molecule has 1 aromatic heterocycles. The molecule has 0 saturated carbocycles. The van der Waals surface area contributed by atoms with Gasteiger partial charge in [-0.25, -0.2) is 4.98 Å². The summed E-state index contributed by atoms with van der Waals surface area (Å²) in [6, 6.07) is 15.5. The number of β-amino-alcohol motifs (C(OH)–C–C–N with tert-alkyl or cyclic N) is 1. The number of carbonyl (C=O) groups is 2. The fourth-order valence-corrected chi connectivity index (χ4v) is 6.40. The van der Waals surface area contributed by atoms with Gasteiger partial charge in [0.2, 0.25) is 11.8 Å². The molecule has 5 rings (SSSR count). The first-order chi connectivity index (χ1) is 18.0. The third-order valence-corrected chi connectivity index (χ3v) is 8.49. The molecule has 196 valence electrons. The van der Waals surface area contributed by atoms with Gasteiger partial charge in [-0.1, -0.05) is 24.3 Å². The number of likely N-dealkylation sites (tertiary alicyclic amines) is 2. The SMILES string of the molecule is COc1cccc(CNC(=O)[C@@H]2C[C@@H](O)CN2C2CCN(C(=O)CCc3nc4ccccc4s3)CC2)c1. The minimum absolute atomic E-state index is 0.0614. The molecule has 2 aliphatic rings. The molecule has 2 fully saturated rings. The average molecular weight is 523 g/mol. The van der Waals surface area contributed by atoms with E-state index in [4.69, 9.17) is 4.74 Å². The number of nitrogens with zero attached hydrogens (tertiary/aromatic N) is 3. The lowest BCUT2D eigenvalue weighted by Crippen LogP contribution is -2.52. The van der Waals surface area contributed by atoms with Crippen molar-refractivity contribution in [3.05, 3.63) is 59.1 Å². The predicted octanol–water partition coefficient (Wildman–Crippen LogP) is 2.98. The van der Waals surface area contributed by atoms with Crippen molar-refractivity contribution in [1.29, 1.82) is 0 Å². The number of para-hydroxylation sites is 1. The van der Waals surface area contributed by atoms with Crippen molar-refractivity contribution < 1.29 is 19.4 Å². The van der Waals surface area contributed by atoms with Crippen molar-refractivity contribution in [2.24, 2.45) is 0 Å². The number of carbonyl (C=O) groups excluding carboxylic acids is 2.